The van der Waals surface area contributed by atoms with Crippen molar-refractivity contribution < 1.29 is 0 Å². The lowest BCUT2D eigenvalue weighted by atomic mass is 10.0. The summed E-state index contributed by atoms with van der Waals surface area (Å²) in [4.78, 5) is 0. The van der Waals surface area contributed by atoms with Gasteiger partial charge in [-0.3, -0.25) is 0 Å². The number of hydrogen-bond donors (Lipinski definition) is 0. The maximum Gasteiger partial charge on any atom is -0.0318 e. The van der Waals surface area contributed by atoms with Crippen LogP contribution in [-0.4, -0.2) is 0 Å². The van der Waals surface area contributed by atoms with Gasteiger partial charge in [-0.05, 0) is 23.7 Å². The predicted molar refractivity (Wildman–Crippen MR) is 34.5 cm³/mol. The fourth-order valence-electron chi connectivity index (χ4n) is 2.43. The van der Waals surface area contributed by atoms with E-state index >= 15 is 0 Å². The van der Waals surface area contributed by atoms with Crippen molar-refractivity contribution in [1.29, 1.82) is 0 Å². The Hall–Kier alpha value is 0. The second kappa shape index (κ2) is 1.29. The van der Waals surface area contributed by atoms with E-state index in [2.05, 4.69) is 13.8 Å². The fraction of sp³-hybridized carbons (Fsp3) is 1.00. The lowest BCUT2D eigenvalue weighted by Crippen LogP contribution is -1.96. The Morgan fingerprint density at radius 3 is 1.50 bits per heavy atom. The van der Waals surface area contributed by atoms with Gasteiger partial charge in [0.15, 0.2) is 0 Å². The van der Waals surface area contributed by atoms with Gasteiger partial charge in [-0.25, -0.2) is 0 Å². The van der Waals surface area contributed by atoms with E-state index in [-0.39, 0.29) is 0 Å². The van der Waals surface area contributed by atoms with Crippen LogP contribution in [0.5, 0.6) is 0 Å². The highest BCUT2D eigenvalue weighted by Crippen LogP contribution is 2.75. The molecule has 2 fully saturated rings. The average molecular weight is 110 g/mol. The first kappa shape index (κ1) is 4.84. The number of fused-ring (bicyclic) bond motifs is 1. The minimum Gasteiger partial charge on any atom is -0.0651 e. The first-order valence-corrected chi connectivity index (χ1v) is 3.90. The third-order valence-electron chi connectivity index (χ3n) is 3.08. The lowest BCUT2D eigenvalue weighted by Gasteiger charge is -2.04. The monoisotopic (exact) mass is 110 g/mol. The third kappa shape index (κ3) is 0.375. The molecule has 8 heavy (non-hydrogen) atoms. The zero-order valence-electron chi connectivity index (χ0n) is 5.72. The average Bonchev–Trinajstić information content (AvgIpc) is 2.51. The van der Waals surface area contributed by atoms with Crippen LogP contribution in [0.4, 0.5) is 0 Å². The molecule has 0 bridgehead atoms. The molecule has 2 rings (SSSR count). The molecule has 0 amide bonds. The summed E-state index contributed by atoms with van der Waals surface area (Å²) < 4.78 is 0. The van der Waals surface area contributed by atoms with E-state index in [1.165, 1.54) is 36.5 Å². The highest BCUT2D eigenvalue weighted by molar-refractivity contribution is 5.17. The van der Waals surface area contributed by atoms with Crippen LogP contribution in [0.25, 0.3) is 0 Å². The molecule has 0 spiro atoms. The molecule has 0 atom stereocenters. The van der Waals surface area contributed by atoms with Gasteiger partial charge < -0.3 is 0 Å². The summed E-state index contributed by atoms with van der Waals surface area (Å²) in [5, 5.41) is 0. The van der Waals surface area contributed by atoms with Gasteiger partial charge in [-0.1, -0.05) is 26.7 Å². The lowest BCUT2D eigenvalue weighted by molar-refractivity contribution is 0.453. The second-order valence-corrected chi connectivity index (χ2v) is 3.30. The van der Waals surface area contributed by atoms with Gasteiger partial charge in [0.05, 0.1) is 0 Å². The summed E-state index contributed by atoms with van der Waals surface area (Å²) in [7, 11) is 0. The molecular formula is C8H14. The van der Waals surface area contributed by atoms with Crippen LogP contribution in [0.15, 0.2) is 0 Å². The minimum absolute atomic E-state index is 1.18. The summed E-state index contributed by atoms with van der Waals surface area (Å²) >= 11 is 0. The molecule has 0 nitrogen and oxygen atoms in total. The Morgan fingerprint density at radius 1 is 0.875 bits per heavy atom. The zero-order chi connectivity index (χ0) is 5.72. The van der Waals surface area contributed by atoms with Crippen molar-refractivity contribution in [2.75, 3.05) is 0 Å². The zero-order valence-corrected chi connectivity index (χ0v) is 5.72. The van der Waals surface area contributed by atoms with Crippen molar-refractivity contribution in [3.8, 4) is 0 Å². The first-order valence-electron chi connectivity index (χ1n) is 3.90. The number of hydrogen-bond acceptors (Lipinski definition) is 0. The molecule has 0 aliphatic heterocycles. The molecule has 0 heterocycles. The molecule has 0 N–H and O–H groups in total. The summed E-state index contributed by atoms with van der Waals surface area (Å²) in [5.41, 5.74) is 0. The number of rotatable bonds is 2. The molecule has 2 aliphatic carbocycles. The van der Waals surface area contributed by atoms with Crippen LogP contribution in [-0.2, 0) is 0 Å². The van der Waals surface area contributed by atoms with Gasteiger partial charge in [0.1, 0.15) is 0 Å². The van der Waals surface area contributed by atoms with E-state index in [4.69, 9.17) is 0 Å². The third-order valence-corrected chi connectivity index (χ3v) is 3.08. The summed E-state index contributed by atoms with van der Waals surface area (Å²) in [5.74, 6) is 4.79. The second-order valence-electron chi connectivity index (χ2n) is 3.30. The highest BCUT2D eigenvalue weighted by Gasteiger charge is 2.70. The molecule has 0 radical (unpaired) electrons. The minimum atomic E-state index is 1.18. The van der Waals surface area contributed by atoms with Gasteiger partial charge in [0.25, 0.3) is 0 Å². The summed E-state index contributed by atoms with van der Waals surface area (Å²) in [6.45, 7) is 4.65. The van der Waals surface area contributed by atoms with E-state index in [9.17, 15) is 0 Å². The topological polar surface area (TPSA) is 0 Å². The standard InChI is InChI=1S/C8H14/c1-3-5-7-6(4-2)8(5)7/h5-8H,3-4H2,1-2H3. The Kier molecular flexibility index (Phi) is 0.778. The SMILES string of the molecule is CCC1C2C(CC)C12. The smallest absolute Gasteiger partial charge is 0.0318 e. The summed E-state index contributed by atoms with van der Waals surface area (Å²) in [6.07, 6.45) is 2.90. The van der Waals surface area contributed by atoms with Crippen LogP contribution >= 0.6 is 0 Å². The first-order chi connectivity index (χ1) is 3.90. The van der Waals surface area contributed by atoms with Gasteiger partial charge in [0.2, 0.25) is 0 Å². The molecule has 0 heteroatoms. The van der Waals surface area contributed by atoms with Crippen molar-refractivity contribution in [3.05, 3.63) is 0 Å². The Morgan fingerprint density at radius 2 is 1.25 bits per heavy atom. The van der Waals surface area contributed by atoms with Gasteiger partial charge in [-0.15, -0.1) is 0 Å². The normalized spacial score (nSPS) is 57.8. The van der Waals surface area contributed by atoms with Crippen molar-refractivity contribution >= 4 is 0 Å². The maximum atomic E-state index is 2.32. The van der Waals surface area contributed by atoms with Gasteiger partial charge in [-0.2, -0.15) is 0 Å². The largest absolute Gasteiger partial charge is 0.0651 e. The highest BCUT2D eigenvalue weighted by atomic mass is 14.7. The maximum absolute atomic E-state index is 2.32. The van der Waals surface area contributed by atoms with Crippen LogP contribution in [0.2, 0.25) is 0 Å². The molecule has 0 aromatic heterocycles. The molecule has 2 saturated carbocycles. The Balaban J connectivity index is 1.79. The van der Waals surface area contributed by atoms with E-state index in [0.717, 1.165) is 0 Å². The van der Waals surface area contributed by atoms with Gasteiger partial charge >= 0.3 is 0 Å². The molecule has 0 saturated heterocycles. The molecule has 0 unspecified atom stereocenters. The van der Waals surface area contributed by atoms with Crippen LogP contribution in [0, 0.1) is 23.7 Å². The molecular weight excluding hydrogens is 96.1 g/mol. The van der Waals surface area contributed by atoms with Crippen molar-refractivity contribution in [2.24, 2.45) is 23.7 Å². The van der Waals surface area contributed by atoms with Gasteiger partial charge in [0, 0.05) is 0 Å². The van der Waals surface area contributed by atoms with E-state index < -0.39 is 0 Å². The van der Waals surface area contributed by atoms with Crippen LogP contribution in [0.3, 0.4) is 0 Å². The molecule has 0 aromatic carbocycles. The van der Waals surface area contributed by atoms with Crippen LogP contribution < -0.4 is 0 Å². The van der Waals surface area contributed by atoms with Crippen molar-refractivity contribution in [3.63, 3.8) is 0 Å². The Bertz CT molecular complexity index is 84.6. The fourth-order valence-corrected chi connectivity index (χ4v) is 2.43. The summed E-state index contributed by atoms with van der Waals surface area (Å²) in [6, 6.07) is 0. The van der Waals surface area contributed by atoms with Crippen molar-refractivity contribution in [2.45, 2.75) is 26.7 Å². The predicted octanol–water partition coefficient (Wildman–Crippen LogP) is 2.30. The molecule has 46 valence electrons. The van der Waals surface area contributed by atoms with E-state index in [1.54, 1.807) is 0 Å². The van der Waals surface area contributed by atoms with Crippen molar-refractivity contribution in [1.82, 2.24) is 0 Å². The molecule has 2 aliphatic rings. The van der Waals surface area contributed by atoms with Crippen LogP contribution in [0.1, 0.15) is 26.7 Å². The Labute approximate surface area is 51.3 Å². The van der Waals surface area contributed by atoms with E-state index in [1.807, 2.05) is 0 Å². The van der Waals surface area contributed by atoms with E-state index in [0.29, 0.717) is 0 Å². The molecule has 0 aromatic rings. The quantitative estimate of drug-likeness (QED) is 0.511.